The molecule has 0 aliphatic rings. The van der Waals surface area contributed by atoms with Gasteiger partial charge in [-0.3, -0.25) is 0 Å². The van der Waals surface area contributed by atoms with E-state index >= 15 is 0 Å². The second-order valence-electron chi connectivity index (χ2n) is 2.13. The van der Waals surface area contributed by atoms with E-state index in [-0.39, 0.29) is 0 Å². The van der Waals surface area contributed by atoms with E-state index in [2.05, 4.69) is 9.97 Å². The number of nitrogen functional groups attached to an aromatic ring is 2. The number of nitrogens with zero attached hydrogens (tertiary/aromatic N) is 2. The highest BCUT2D eigenvalue weighted by Crippen LogP contribution is 2.23. The molecule has 0 bridgehead atoms. The SMILES string of the molecule is Nc1cc2scnc2c(N)n1. The molecule has 0 aliphatic heterocycles. The van der Waals surface area contributed by atoms with E-state index < -0.39 is 0 Å². The smallest absolute Gasteiger partial charge is 0.153 e. The first-order chi connectivity index (χ1) is 5.27. The fraction of sp³-hybridized carbons (Fsp3) is 0. The molecule has 5 heteroatoms. The largest absolute Gasteiger partial charge is 0.384 e. The summed E-state index contributed by atoms with van der Waals surface area (Å²) in [5, 5.41) is 0. The zero-order valence-electron chi connectivity index (χ0n) is 5.61. The lowest BCUT2D eigenvalue weighted by atomic mass is 10.4. The Kier molecular flexibility index (Phi) is 1.19. The molecule has 0 saturated carbocycles. The number of rotatable bonds is 0. The molecule has 0 unspecified atom stereocenters. The van der Waals surface area contributed by atoms with E-state index in [0.29, 0.717) is 11.6 Å². The fourth-order valence-corrected chi connectivity index (χ4v) is 1.64. The number of thiazole rings is 1. The molecule has 0 saturated heterocycles. The van der Waals surface area contributed by atoms with Crippen LogP contribution < -0.4 is 11.5 Å². The Bertz CT molecular complexity index is 394. The lowest BCUT2D eigenvalue weighted by Crippen LogP contribution is -1.95. The maximum atomic E-state index is 5.55. The van der Waals surface area contributed by atoms with Gasteiger partial charge < -0.3 is 11.5 Å². The first-order valence-corrected chi connectivity index (χ1v) is 3.90. The minimum atomic E-state index is 0.404. The van der Waals surface area contributed by atoms with Crippen molar-refractivity contribution in [3.63, 3.8) is 0 Å². The van der Waals surface area contributed by atoms with Crippen LogP contribution >= 0.6 is 11.3 Å². The molecule has 0 atom stereocenters. The maximum absolute atomic E-state index is 5.55. The molecule has 2 aromatic heterocycles. The van der Waals surface area contributed by atoms with Crippen molar-refractivity contribution in [2.45, 2.75) is 0 Å². The van der Waals surface area contributed by atoms with Gasteiger partial charge in [-0.1, -0.05) is 0 Å². The Hall–Kier alpha value is -1.36. The van der Waals surface area contributed by atoms with Gasteiger partial charge in [-0.15, -0.1) is 11.3 Å². The number of nitrogens with two attached hydrogens (primary N) is 2. The van der Waals surface area contributed by atoms with Crippen molar-refractivity contribution in [2.24, 2.45) is 0 Å². The van der Waals surface area contributed by atoms with E-state index in [1.807, 2.05) is 0 Å². The minimum absolute atomic E-state index is 0.404. The van der Waals surface area contributed by atoms with Crippen molar-refractivity contribution in [2.75, 3.05) is 11.5 Å². The van der Waals surface area contributed by atoms with Crippen LogP contribution in [0, 0.1) is 0 Å². The number of hydrogen-bond donors (Lipinski definition) is 2. The third-order valence-corrected chi connectivity index (χ3v) is 2.14. The number of pyridine rings is 1. The van der Waals surface area contributed by atoms with Gasteiger partial charge in [0.1, 0.15) is 11.3 Å². The molecule has 4 nitrogen and oxygen atoms in total. The molecule has 0 spiro atoms. The van der Waals surface area contributed by atoms with Gasteiger partial charge in [0.15, 0.2) is 5.82 Å². The summed E-state index contributed by atoms with van der Waals surface area (Å²) in [5.41, 5.74) is 13.5. The van der Waals surface area contributed by atoms with Gasteiger partial charge in [-0.25, -0.2) is 9.97 Å². The first kappa shape index (κ1) is 6.36. The molecule has 0 amide bonds. The lowest BCUT2D eigenvalue weighted by molar-refractivity contribution is 1.35. The molecule has 0 aromatic carbocycles. The molecule has 2 heterocycles. The number of hydrogen-bond acceptors (Lipinski definition) is 5. The van der Waals surface area contributed by atoms with Gasteiger partial charge in [0.25, 0.3) is 0 Å². The highest BCUT2D eigenvalue weighted by molar-refractivity contribution is 7.16. The Morgan fingerprint density at radius 1 is 1.36 bits per heavy atom. The highest BCUT2D eigenvalue weighted by Gasteiger charge is 2.02. The molecule has 4 N–H and O–H groups in total. The standard InChI is InChI=1S/C6H6N4S/c7-4-1-3-5(6(8)10-4)9-2-11-3/h1-2H,(H4,7,8,10). The normalized spacial score (nSPS) is 10.5. The number of anilines is 2. The zero-order valence-corrected chi connectivity index (χ0v) is 6.43. The monoisotopic (exact) mass is 166 g/mol. The molecule has 2 aromatic rings. The average molecular weight is 166 g/mol. The second-order valence-corrected chi connectivity index (χ2v) is 3.02. The third kappa shape index (κ3) is 0.894. The Balaban J connectivity index is 2.91. The molecule has 2 rings (SSSR count). The van der Waals surface area contributed by atoms with Crippen LogP contribution in [0.2, 0.25) is 0 Å². The predicted octanol–water partition coefficient (Wildman–Crippen LogP) is 0.856. The summed E-state index contributed by atoms with van der Waals surface area (Å²) in [6.07, 6.45) is 0. The van der Waals surface area contributed by atoms with Crippen LogP contribution in [0.3, 0.4) is 0 Å². The van der Waals surface area contributed by atoms with Crippen LogP contribution in [-0.2, 0) is 0 Å². The van der Waals surface area contributed by atoms with Crippen molar-refractivity contribution >= 4 is 33.2 Å². The van der Waals surface area contributed by atoms with Crippen molar-refractivity contribution in [1.29, 1.82) is 0 Å². The van der Waals surface area contributed by atoms with Gasteiger partial charge in [-0.05, 0) is 6.07 Å². The minimum Gasteiger partial charge on any atom is -0.384 e. The summed E-state index contributed by atoms with van der Waals surface area (Å²) in [6.45, 7) is 0. The van der Waals surface area contributed by atoms with Crippen molar-refractivity contribution in [1.82, 2.24) is 9.97 Å². The lowest BCUT2D eigenvalue weighted by Gasteiger charge is -1.94. The molecule has 0 aliphatic carbocycles. The van der Waals surface area contributed by atoms with Crippen LogP contribution in [0.1, 0.15) is 0 Å². The van der Waals surface area contributed by atoms with Crippen LogP contribution in [0.15, 0.2) is 11.6 Å². The topological polar surface area (TPSA) is 77.8 Å². The summed E-state index contributed by atoms with van der Waals surface area (Å²) in [4.78, 5) is 7.91. The maximum Gasteiger partial charge on any atom is 0.153 e. The highest BCUT2D eigenvalue weighted by atomic mass is 32.1. The zero-order chi connectivity index (χ0) is 7.84. The van der Waals surface area contributed by atoms with Gasteiger partial charge in [0.05, 0.1) is 10.2 Å². The summed E-state index contributed by atoms with van der Waals surface area (Å²) in [6, 6.07) is 1.77. The van der Waals surface area contributed by atoms with E-state index in [1.54, 1.807) is 11.6 Å². The van der Waals surface area contributed by atoms with Crippen LogP contribution in [0.25, 0.3) is 10.2 Å². The third-order valence-electron chi connectivity index (χ3n) is 1.37. The van der Waals surface area contributed by atoms with Crippen molar-refractivity contribution < 1.29 is 0 Å². The Morgan fingerprint density at radius 2 is 2.18 bits per heavy atom. The first-order valence-electron chi connectivity index (χ1n) is 3.02. The Labute approximate surface area is 66.9 Å². The molecule has 0 fully saturated rings. The van der Waals surface area contributed by atoms with E-state index in [0.717, 1.165) is 10.2 Å². The summed E-state index contributed by atoms with van der Waals surface area (Å²) < 4.78 is 0.981. The van der Waals surface area contributed by atoms with E-state index in [9.17, 15) is 0 Å². The molecular formula is C6H6N4S. The van der Waals surface area contributed by atoms with Crippen LogP contribution in [0.4, 0.5) is 11.6 Å². The number of aromatic nitrogens is 2. The average Bonchev–Trinajstić information content (AvgIpc) is 2.34. The molecular weight excluding hydrogens is 160 g/mol. The van der Waals surface area contributed by atoms with Gasteiger partial charge in [-0.2, -0.15) is 0 Å². The fourth-order valence-electron chi connectivity index (χ4n) is 0.909. The summed E-state index contributed by atoms with van der Waals surface area (Å²) in [7, 11) is 0. The van der Waals surface area contributed by atoms with Crippen molar-refractivity contribution in [3.8, 4) is 0 Å². The molecule has 56 valence electrons. The van der Waals surface area contributed by atoms with E-state index in [1.165, 1.54) is 11.3 Å². The molecule has 11 heavy (non-hydrogen) atoms. The van der Waals surface area contributed by atoms with Crippen molar-refractivity contribution in [3.05, 3.63) is 11.6 Å². The summed E-state index contributed by atoms with van der Waals surface area (Å²) in [5.74, 6) is 0.848. The summed E-state index contributed by atoms with van der Waals surface area (Å²) >= 11 is 1.50. The van der Waals surface area contributed by atoms with Gasteiger partial charge >= 0.3 is 0 Å². The quantitative estimate of drug-likeness (QED) is 0.608. The van der Waals surface area contributed by atoms with Gasteiger partial charge in [0.2, 0.25) is 0 Å². The van der Waals surface area contributed by atoms with Crippen LogP contribution in [0.5, 0.6) is 0 Å². The van der Waals surface area contributed by atoms with Crippen LogP contribution in [-0.4, -0.2) is 9.97 Å². The number of fused-ring (bicyclic) bond motifs is 1. The van der Waals surface area contributed by atoms with Gasteiger partial charge in [0, 0.05) is 0 Å². The predicted molar refractivity (Wildman–Crippen MR) is 46.2 cm³/mol. The Morgan fingerprint density at radius 3 is 3.00 bits per heavy atom. The molecule has 0 radical (unpaired) electrons. The van der Waals surface area contributed by atoms with E-state index in [4.69, 9.17) is 11.5 Å². The second kappa shape index (κ2) is 2.06.